The molecule has 0 bridgehead atoms. The zero-order chi connectivity index (χ0) is 14.2. The smallest absolute Gasteiger partial charge is 0.186 e. The van der Waals surface area contributed by atoms with Gasteiger partial charge in [0.05, 0.1) is 5.69 Å². The fourth-order valence-electron chi connectivity index (χ4n) is 3.57. The van der Waals surface area contributed by atoms with Gasteiger partial charge in [0, 0.05) is 36.0 Å². The number of nitrogens with one attached hydrogen (secondary N) is 1. The van der Waals surface area contributed by atoms with Gasteiger partial charge in [-0.3, -0.25) is 0 Å². The Hall–Kier alpha value is -0.610. The lowest BCUT2D eigenvalue weighted by Crippen LogP contribution is -2.32. The molecule has 3 fully saturated rings. The van der Waals surface area contributed by atoms with Crippen LogP contribution in [0.25, 0.3) is 0 Å². The first-order valence-corrected chi connectivity index (χ1v) is 9.66. The molecule has 3 saturated carbocycles. The van der Waals surface area contributed by atoms with E-state index in [1.807, 2.05) is 11.3 Å². The Labute approximate surface area is 132 Å². The molecule has 1 aromatic rings. The van der Waals surface area contributed by atoms with Crippen molar-refractivity contribution in [3.05, 3.63) is 10.6 Å². The van der Waals surface area contributed by atoms with Gasteiger partial charge in [0.1, 0.15) is 0 Å². The fraction of sp³-hybridized carbons (Fsp3) is 0.824. The zero-order valence-corrected chi connectivity index (χ0v) is 13.9. The molecule has 3 aliphatic rings. The molecule has 0 spiro atoms. The van der Waals surface area contributed by atoms with E-state index in [1.165, 1.54) is 67.1 Å². The zero-order valence-electron chi connectivity index (χ0n) is 13.1. The predicted molar refractivity (Wildman–Crippen MR) is 89.2 cm³/mol. The summed E-state index contributed by atoms with van der Waals surface area (Å²) in [6.07, 6.45) is 11.0. The lowest BCUT2D eigenvalue weighted by molar-refractivity contribution is 0.617. The first-order valence-electron chi connectivity index (χ1n) is 8.84. The summed E-state index contributed by atoms with van der Waals surface area (Å²) in [5, 5.41) is 4.99. The first kappa shape index (κ1) is 14.0. The molecule has 0 amide bonds. The first-order chi connectivity index (χ1) is 10.3. The molecule has 0 aromatic carbocycles. The quantitative estimate of drug-likeness (QED) is 0.824. The van der Waals surface area contributed by atoms with E-state index >= 15 is 0 Å². The van der Waals surface area contributed by atoms with Crippen molar-refractivity contribution < 1.29 is 0 Å². The van der Waals surface area contributed by atoms with Crippen molar-refractivity contribution in [2.45, 2.75) is 82.8 Å². The van der Waals surface area contributed by atoms with Crippen LogP contribution in [0.5, 0.6) is 0 Å². The van der Waals surface area contributed by atoms with Crippen molar-refractivity contribution >= 4 is 16.5 Å². The molecular weight excluding hydrogens is 278 g/mol. The minimum absolute atomic E-state index is 0.748. The topological polar surface area (TPSA) is 28.2 Å². The highest BCUT2D eigenvalue weighted by Gasteiger charge is 2.32. The monoisotopic (exact) mass is 305 g/mol. The van der Waals surface area contributed by atoms with Crippen LogP contribution in [0.2, 0.25) is 0 Å². The third-order valence-electron chi connectivity index (χ3n) is 5.16. The van der Waals surface area contributed by atoms with Crippen LogP contribution >= 0.6 is 11.3 Å². The molecule has 116 valence electrons. The van der Waals surface area contributed by atoms with E-state index in [0.717, 1.165) is 31.1 Å². The van der Waals surface area contributed by atoms with Gasteiger partial charge in [0.2, 0.25) is 0 Å². The van der Waals surface area contributed by atoms with Gasteiger partial charge in [0.25, 0.3) is 0 Å². The van der Waals surface area contributed by atoms with Gasteiger partial charge in [-0.05, 0) is 45.4 Å². The number of nitrogens with zero attached hydrogens (tertiary/aromatic N) is 2. The second-order valence-electron chi connectivity index (χ2n) is 6.96. The minimum Gasteiger partial charge on any atom is -0.345 e. The Morgan fingerprint density at radius 3 is 2.52 bits per heavy atom. The largest absolute Gasteiger partial charge is 0.345 e. The molecule has 3 aliphatic carbocycles. The third kappa shape index (κ3) is 3.11. The maximum atomic E-state index is 5.09. The highest BCUT2D eigenvalue weighted by molar-refractivity contribution is 7.15. The number of thiazole rings is 1. The second-order valence-corrected chi connectivity index (χ2v) is 8.02. The van der Waals surface area contributed by atoms with E-state index in [1.54, 1.807) is 0 Å². The molecule has 0 atom stereocenters. The Kier molecular flexibility index (Phi) is 3.92. The summed E-state index contributed by atoms with van der Waals surface area (Å²) in [6, 6.07) is 1.54. The van der Waals surface area contributed by atoms with E-state index < -0.39 is 0 Å². The van der Waals surface area contributed by atoms with E-state index in [9.17, 15) is 0 Å². The molecular formula is C17H27N3S. The minimum atomic E-state index is 0.748. The summed E-state index contributed by atoms with van der Waals surface area (Å²) in [5.41, 5.74) is 1.43. The molecule has 1 N–H and O–H groups in total. The van der Waals surface area contributed by atoms with Gasteiger partial charge in [0.15, 0.2) is 5.13 Å². The SMILES string of the molecule is CCN(c1nc(C2CC2)c(CNC2CC2)s1)C1CCCC1. The summed E-state index contributed by atoms with van der Waals surface area (Å²) in [6.45, 7) is 4.45. The highest BCUT2D eigenvalue weighted by Crippen LogP contribution is 2.45. The van der Waals surface area contributed by atoms with Crippen LogP contribution in [0.3, 0.4) is 0 Å². The number of hydrogen-bond donors (Lipinski definition) is 1. The molecule has 0 unspecified atom stereocenters. The third-order valence-corrected chi connectivity index (χ3v) is 6.27. The van der Waals surface area contributed by atoms with Crippen LogP contribution < -0.4 is 10.2 Å². The molecule has 1 aromatic heterocycles. The van der Waals surface area contributed by atoms with Crippen LogP contribution in [0.15, 0.2) is 0 Å². The number of rotatable bonds is 7. The molecule has 21 heavy (non-hydrogen) atoms. The lowest BCUT2D eigenvalue weighted by atomic mass is 10.2. The van der Waals surface area contributed by atoms with Crippen molar-refractivity contribution in [2.75, 3.05) is 11.4 Å². The van der Waals surface area contributed by atoms with Crippen LogP contribution in [-0.2, 0) is 6.54 Å². The van der Waals surface area contributed by atoms with Gasteiger partial charge in [-0.2, -0.15) is 0 Å². The van der Waals surface area contributed by atoms with Crippen molar-refractivity contribution in [3.63, 3.8) is 0 Å². The normalized spacial score (nSPS) is 22.9. The number of anilines is 1. The molecule has 4 rings (SSSR count). The Bertz CT molecular complexity index is 484. The fourth-order valence-corrected chi connectivity index (χ4v) is 4.80. The van der Waals surface area contributed by atoms with Crippen LogP contribution in [0.4, 0.5) is 5.13 Å². The number of hydrogen-bond acceptors (Lipinski definition) is 4. The van der Waals surface area contributed by atoms with Crippen molar-refractivity contribution in [1.29, 1.82) is 0 Å². The summed E-state index contributed by atoms with van der Waals surface area (Å²) < 4.78 is 0. The maximum Gasteiger partial charge on any atom is 0.186 e. The summed E-state index contributed by atoms with van der Waals surface area (Å²) in [4.78, 5) is 9.20. The van der Waals surface area contributed by atoms with Gasteiger partial charge >= 0.3 is 0 Å². The van der Waals surface area contributed by atoms with Crippen LogP contribution in [-0.4, -0.2) is 23.6 Å². The van der Waals surface area contributed by atoms with Crippen molar-refractivity contribution in [3.8, 4) is 0 Å². The highest BCUT2D eigenvalue weighted by atomic mass is 32.1. The van der Waals surface area contributed by atoms with Crippen molar-refractivity contribution in [2.24, 2.45) is 0 Å². The molecule has 0 radical (unpaired) electrons. The predicted octanol–water partition coefficient (Wildman–Crippen LogP) is 4.04. The molecule has 0 saturated heterocycles. The second kappa shape index (κ2) is 5.88. The van der Waals surface area contributed by atoms with Gasteiger partial charge in [-0.25, -0.2) is 4.98 Å². The summed E-state index contributed by atoms with van der Waals surface area (Å²) in [7, 11) is 0. The Morgan fingerprint density at radius 1 is 1.14 bits per heavy atom. The van der Waals surface area contributed by atoms with E-state index in [2.05, 4.69) is 17.1 Å². The van der Waals surface area contributed by atoms with Gasteiger partial charge in [-0.1, -0.05) is 12.8 Å². The molecule has 4 heteroatoms. The van der Waals surface area contributed by atoms with Gasteiger partial charge < -0.3 is 10.2 Å². The standard InChI is InChI=1S/C17H27N3S/c1-2-20(14-5-3-4-6-14)17-19-16(12-7-8-12)15(21-17)11-18-13-9-10-13/h12-14,18H,2-11H2,1H3. The van der Waals surface area contributed by atoms with E-state index in [4.69, 9.17) is 4.98 Å². The average molecular weight is 305 g/mol. The molecule has 0 aliphatic heterocycles. The van der Waals surface area contributed by atoms with Crippen molar-refractivity contribution in [1.82, 2.24) is 10.3 Å². The maximum absolute atomic E-state index is 5.09. The summed E-state index contributed by atoms with van der Waals surface area (Å²) in [5.74, 6) is 0.772. The number of aromatic nitrogens is 1. The van der Waals surface area contributed by atoms with Crippen LogP contribution in [0.1, 0.15) is 74.8 Å². The van der Waals surface area contributed by atoms with E-state index in [-0.39, 0.29) is 0 Å². The summed E-state index contributed by atoms with van der Waals surface area (Å²) >= 11 is 1.97. The van der Waals surface area contributed by atoms with E-state index in [0.29, 0.717) is 0 Å². The Balaban J connectivity index is 1.53. The Morgan fingerprint density at radius 2 is 1.90 bits per heavy atom. The average Bonchev–Trinajstić information content (AvgIpc) is 3.42. The van der Waals surface area contributed by atoms with Gasteiger partial charge in [-0.15, -0.1) is 11.3 Å². The molecule has 1 heterocycles. The lowest BCUT2D eigenvalue weighted by Gasteiger charge is -2.26. The molecule has 3 nitrogen and oxygen atoms in total. The van der Waals surface area contributed by atoms with Crippen LogP contribution in [0, 0.1) is 0 Å².